The number of aldehydes is 1. The summed E-state index contributed by atoms with van der Waals surface area (Å²) in [4.78, 5) is 38.7. The molecule has 2 atom stereocenters. The van der Waals surface area contributed by atoms with Gasteiger partial charge in [0.1, 0.15) is 23.4 Å². The molecule has 6 rings (SSSR count). The Kier molecular flexibility index (Phi) is 8.33. The Morgan fingerprint density at radius 2 is 2.07 bits per heavy atom. The topological polar surface area (TPSA) is 115 Å². The number of aromatic hydroxyl groups is 1. The second kappa shape index (κ2) is 12.2. The van der Waals surface area contributed by atoms with Gasteiger partial charge in [0.2, 0.25) is 0 Å². The lowest BCUT2D eigenvalue weighted by atomic mass is 9.93. The number of benzene rings is 2. The second-order valence-electron chi connectivity index (χ2n) is 12.1. The molecule has 2 aromatic carbocycles. The maximum absolute atomic E-state index is 15.1. The molecule has 0 bridgehead atoms. The zero-order valence-electron chi connectivity index (χ0n) is 25.2. The Morgan fingerprint density at radius 3 is 2.73 bits per heavy atom. The maximum Gasteiger partial charge on any atom is 0.177 e. The van der Waals surface area contributed by atoms with Gasteiger partial charge >= 0.3 is 0 Å². The number of ketones is 1. The van der Waals surface area contributed by atoms with Crippen molar-refractivity contribution in [2.75, 3.05) is 24.5 Å². The van der Waals surface area contributed by atoms with E-state index < -0.39 is 17.2 Å². The quantitative estimate of drug-likeness (QED) is 0.165. The molecule has 232 valence electrons. The van der Waals surface area contributed by atoms with E-state index in [0.29, 0.717) is 66.8 Å². The van der Waals surface area contributed by atoms with E-state index in [1.165, 1.54) is 18.3 Å². The number of phenols is 1. The number of rotatable bonds is 10. The maximum atomic E-state index is 15.1. The number of Topliss-reactive ketones (excluding diaryl/α,β-unsaturated/α-hetero) is 1. The molecule has 1 N–H and O–H groups in total. The highest BCUT2D eigenvalue weighted by atomic mass is 35.5. The lowest BCUT2D eigenvalue weighted by molar-refractivity contribution is 0.0961. The van der Waals surface area contributed by atoms with Gasteiger partial charge in [-0.1, -0.05) is 24.6 Å². The van der Waals surface area contributed by atoms with Crippen LogP contribution in [0.3, 0.4) is 0 Å². The number of anilines is 1. The van der Waals surface area contributed by atoms with Gasteiger partial charge in [-0.3, -0.25) is 19.5 Å². The van der Waals surface area contributed by atoms with Crippen LogP contribution >= 0.6 is 11.6 Å². The van der Waals surface area contributed by atoms with E-state index in [1.807, 2.05) is 10.6 Å². The van der Waals surface area contributed by atoms with Gasteiger partial charge in [0.05, 0.1) is 51.4 Å². The minimum absolute atomic E-state index is 0.0638. The first-order valence-corrected chi connectivity index (χ1v) is 15.6. The predicted molar refractivity (Wildman–Crippen MR) is 169 cm³/mol. The van der Waals surface area contributed by atoms with Gasteiger partial charge in [-0.05, 0) is 62.6 Å². The summed E-state index contributed by atoms with van der Waals surface area (Å²) in [6, 6.07) is 13.9. The number of nitrogens with zero attached hydrogens (tertiary/aromatic N) is 6. The molecular formula is C34H34ClFN6O3. The largest absolute Gasteiger partial charge is 0.507 e. The summed E-state index contributed by atoms with van der Waals surface area (Å²) >= 11 is 6.00. The number of phenolic OH excluding ortho intramolecular Hbond substituents is 1. The fraction of sp³-hybridized carbons (Fsp3) is 0.382. The molecule has 2 aromatic heterocycles. The number of nitriles is 1. The summed E-state index contributed by atoms with van der Waals surface area (Å²) < 4.78 is 17.0. The van der Waals surface area contributed by atoms with Crippen molar-refractivity contribution in [3.8, 4) is 11.8 Å². The van der Waals surface area contributed by atoms with Crippen LogP contribution in [0, 0.1) is 22.6 Å². The number of pyridine rings is 1. The van der Waals surface area contributed by atoms with Crippen molar-refractivity contribution in [3.05, 3.63) is 82.1 Å². The van der Waals surface area contributed by atoms with Crippen LogP contribution in [0.1, 0.15) is 71.3 Å². The Morgan fingerprint density at radius 1 is 1.27 bits per heavy atom. The average Bonchev–Trinajstić information content (AvgIpc) is 3.75. The number of carbonyl (C=O) groups excluding carboxylic acids is 2. The number of fused-ring (bicyclic) bond motifs is 1. The number of hydrogen-bond acceptors (Lipinski definition) is 8. The predicted octanol–water partition coefficient (Wildman–Crippen LogP) is 6.13. The summed E-state index contributed by atoms with van der Waals surface area (Å²) in [5.41, 5.74) is 1.94. The molecule has 1 saturated heterocycles. The van der Waals surface area contributed by atoms with Crippen LogP contribution in [0.25, 0.3) is 11.0 Å². The Labute approximate surface area is 265 Å². The average molecular weight is 629 g/mol. The molecule has 1 aliphatic heterocycles. The first-order valence-electron chi connectivity index (χ1n) is 15.2. The van der Waals surface area contributed by atoms with Crippen molar-refractivity contribution in [1.29, 1.82) is 5.26 Å². The first-order chi connectivity index (χ1) is 21.7. The van der Waals surface area contributed by atoms with Gasteiger partial charge in [0.25, 0.3) is 0 Å². The second-order valence-corrected chi connectivity index (χ2v) is 12.6. The van der Waals surface area contributed by atoms with Gasteiger partial charge in [-0.25, -0.2) is 9.37 Å². The molecule has 0 amide bonds. The molecule has 2 unspecified atom stereocenters. The van der Waals surface area contributed by atoms with E-state index in [4.69, 9.17) is 16.6 Å². The molecule has 1 saturated carbocycles. The third-order valence-electron chi connectivity index (χ3n) is 9.21. The zero-order valence-corrected chi connectivity index (χ0v) is 26.0. The van der Waals surface area contributed by atoms with Crippen LogP contribution < -0.4 is 4.90 Å². The molecule has 0 radical (unpaired) electrons. The fourth-order valence-corrected chi connectivity index (χ4v) is 6.41. The molecule has 1 aliphatic carbocycles. The standard InChI is InChI=1S/C34H34ClFN6O3/c1-3-24-16-41(27-5-4-6-29(44)31(27)33(45)21(2)26-8-7-23(35)15-38-26)12-11-40(24)17-30-39-32-25(36)13-22(18-43)14-28(32)42(30)20-34(19-37)9-10-34/h4-8,13-15,18,21,24,44H,3,9-12,16-17,20H2,1-2H3. The van der Waals surface area contributed by atoms with Crippen molar-refractivity contribution in [2.45, 2.75) is 58.2 Å². The molecule has 2 aliphatic rings. The summed E-state index contributed by atoms with van der Waals surface area (Å²) in [6.45, 7) is 6.50. The number of piperazine rings is 1. The molecule has 2 fully saturated rings. The van der Waals surface area contributed by atoms with E-state index in [2.05, 4.69) is 27.8 Å². The van der Waals surface area contributed by atoms with Gasteiger partial charge in [0.15, 0.2) is 11.6 Å². The van der Waals surface area contributed by atoms with Gasteiger partial charge in [-0.2, -0.15) is 5.26 Å². The minimum atomic E-state index is -0.589. The molecular weight excluding hydrogens is 595 g/mol. The van der Waals surface area contributed by atoms with E-state index in [-0.39, 0.29) is 34.2 Å². The molecule has 3 heterocycles. The van der Waals surface area contributed by atoms with Crippen molar-refractivity contribution < 1.29 is 19.1 Å². The van der Waals surface area contributed by atoms with Gasteiger partial charge in [0, 0.05) is 44.0 Å². The Balaban J connectivity index is 1.27. The van der Waals surface area contributed by atoms with Crippen LogP contribution in [0.5, 0.6) is 5.75 Å². The number of carbonyl (C=O) groups is 2. The van der Waals surface area contributed by atoms with Crippen LogP contribution in [0.4, 0.5) is 10.1 Å². The van der Waals surface area contributed by atoms with Crippen molar-refractivity contribution >= 4 is 40.4 Å². The molecule has 11 heteroatoms. The number of aromatic nitrogens is 3. The highest BCUT2D eigenvalue weighted by molar-refractivity contribution is 6.30. The molecule has 0 spiro atoms. The third kappa shape index (κ3) is 5.90. The molecule has 4 aromatic rings. The van der Waals surface area contributed by atoms with Gasteiger partial charge in [-0.15, -0.1) is 0 Å². The third-order valence-corrected chi connectivity index (χ3v) is 9.44. The summed E-state index contributed by atoms with van der Waals surface area (Å²) in [5.74, 6) is -0.805. The molecule has 9 nitrogen and oxygen atoms in total. The smallest absolute Gasteiger partial charge is 0.177 e. The first kappa shape index (κ1) is 30.7. The lowest BCUT2D eigenvalue weighted by Crippen LogP contribution is -2.53. The minimum Gasteiger partial charge on any atom is -0.507 e. The highest BCUT2D eigenvalue weighted by Crippen LogP contribution is 2.47. The Bertz CT molecular complexity index is 1810. The summed E-state index contributed by atoms with van der Waals surface area (Å²) in [7, 11) is 0. The van der Waals surface area contributed by atoms with Crippen molar-refractivity contribution in [1.82, 2.24) is 19.4 Å². The SMILES string of the molecule is CCC1CN(c2cccc(O)c2C(=O)C(C)c2ccc(Cl)cn2)CCN1Cc1nc2c(F)cc(C=O)cc2n1CC1(C#N)CC1. The summed E-state index contributed by atoms with van der Waals surface area (Å²) in [5, 5.41) is 21.2. The van der Waals surface area contributed by atoms with Crippen molar-refractivity contribution in [3.63, 3.8) is 0 Å². The van der Waals surface area contributed by atoms with E-state index in [9.17, 15) is 20.0 Å². The van der Waals surface area contributed by atoms with Gasteiger partial charge < -0.3 is 14.6 Å². The highest BCUT2D eigenvalue weighted by Gasteiger charge is 2.44. The summed E-state index contributed by atoms with van der Waals surface area (Å²) in [6.07, 6.45) is 4.47. The number of imidazole rings is 1. The normalized spacial score (nSPS) is 18.5. The van der Waals surface area contributed by atoms with Crippen molar-refractivity contribution in [2.24, 2.45) is 5.41 Å². The monoisotopic (exact) mass is 628 g/mol. The fourth-order valence-electron chi connectivity index (χ4n) is 6.30. The zero-order chi connectivity index (χ0) is 31.9. The van der Waals surface area contributed by atoms with E-state index in [1.54, 1.807) is 31.2 Å². The Hall–Kier alpha value is -4.33. The van der Waals surface area contributed by atoms with E-state index >= 15 is 4.39 Å². The molecule has 45 heavy (non-hydrogen) atoms. The number of halogens is 2. The lowest BCUT2D eigenvalue weighted by Gasteiger charge is -2.42. The number of hydrogen-bond donors (Lipinski definition) is 1. The van der Waals surface area contributed by atoms with E-state index in [0.717, 1.165) is 19.3 Å². The van der Waals surface area contributed by atoms with Crippen LogP contribution in [-0.2, 0) is 13.1 Å². The van der Waals surface area contributed by atoms with Crippen LogP contribution in [-0.4, -0.2) is 62.3 Å². The van der Waals surface area contributed by atoms with Crippen LogP contribution in [0.2, 0.25) is 5.02 Å². The van der Waals surface area contributed by atoms with Crippen LogP contribution in [0.15, 0.2) is 48.7 Å².